The minimum Gasteiger partial charge on any atom is -0.450 e. The normalized spacial score (nSPS) is 16.1. The third-order valence-electron chi connectivity index (χ3n) is 4.80. The first-order chi connectivity index (χ1) is 14.6. The second-order valence-electron chi connectivity index (χ2n) is 6.74. The zero-order valence-corrected chi connectivity index (χ0v) is 19.4. The van der Waals surface area contributed by atoms with E-state index in [1.165, 1.54) is 11.3 Å². The lowest BCUT2D eigenvalue weighted by molar-refractivity contribution is 0.531. The molecule has 1 unspecified atom stereocenters. The number of rotatable bonds is 3. The molecule has 0 fully saturated rings. The van der Waals surface area contributed by atoms with Crippen LogP contribution in [-0.2, 0) is 0 Å². The van der Waals surface area contributed by atoms with Crippen molar-refractivity contribution in [2.45, 2.75) is 6.04 Å². The molecule has 2 aromatic heterocycles. The summed E-state index contributed by atoms with van der Waals surface area (Å²) in [6.45, 7) is 0. The summed E-state index contributed by atoms with van der Waals surface area (Å²) < 4.78 is 9.52. The van der Waals surface area contributed by atoms with Crippen molar-refractivity contribution < 1.29 is 4.42 Å². The third kappa shape index (κ3) is 3.69. The number of nitrogens with zero attached hydrogens (tertiary/aromatic N) is 2. The molecule has 0 amide bonds. The quantitative estimate of drug-likeness (QED) is 0.361. The van der Waals surface area contributed by atoms with E-state index in [0.29, 0.717) is 19.8 Å². The van der Waals surface area contributed by atoms with Gasteiger partial charge in [0.25, 0.3) is 5.56 Å². The van der Waals surface area contributed by atoms with Gasteiger partial charge in [0.2, 0.25) is 0 Å². The maximum Gasteiger partial charge on any atom is 0.271 e. The molecule has 0 radical (unpaired) electrons. The standard InChI is InChI=1S/C23H14Br2N2O2S/c24-16-8-6-15(7-9-16)19-13-18(14-4-2-1-3-5-14)26-23-27(19)22(28)20(30-23)12-17-10-11-21(25)29-17/h1-13,19H. The Labute approximate surface area is 192 Å². The number of furan rings is 1. The predicted molar refractivity (Wildman–Crippen MR) is 126 cm³/mol. The summed E-state index contributed by atoms with van der Waals surface area (Å²) >= 11 is 8.16. The van der Waals surface area contributed by atoms with Gasteiger partial charge in [0.15, 0.2) is 9.47 Å². The first-order valence-electron chi connectivity index (χ1n) is 9.18. The lowest BCUT2D eigenvalue weighted by atomic mass is 10.0. The Bertz CT molecular complexity index is 1430. The molecule has 0 bridgehead atoms. The smallest absolute Gasteiger partial charge is 0.271 e. The lowest BCUT2D eigenvalue weighted by Crippen LogP contribution is -2.36. The summed E-state index contributed by atoms with van der Waals surface area (Å²) in [6, 6.07) is 21.4. The van der Waals surface area contributed by atoms with E-state index in [1.54, 1.807) is 16.7 Å². The molecular formula is C23H14Br2N2O2S. The summed E-state index contributed by atoms with van der Waals surface area (Å²) in [5.74, 6) is 0.620. The molecule has 0 N–H and O–H groups in total. The van der Waals surface area contributed by atoms with Crippen LogP contribution in [0.2, 0.25) is 0 Å². The molecule has 1 atom stereocenters. The van der Waals surface area contributed by atoms with Crippen molar-refractivity contribution in [1.82, 2.24) is 4.57 Å². The Morgan fingerprint density at radius 3 is 2.47 bits per heavy atom. The fourth-order valence-electron chi connectivity index (χ4n) is 3.38. The van der Waals surface area contributed by atoms with E-state index in [0.717, 1.165) is 21.3 Å². The Kier molecular flexibility index (Phi) is 5.18. The molecule has 30 heavy (non-hydrogen) atoms. The van der Waals surface area contributed by atoms with E-state index in [2.05, 4.69) is 31.9 Å². The first-order valence-corrected chi connectivity index (χ1v) is 11.6. The van der Waals surface area contributed by atoms with Gasteiger partial charge in [0.1, 0.15) is 5.76 Å². The molecule has 3 heterocycles. The highest BCUT2D eigenvalue weighted by Crippen LogP contribution is 2.27. The Morgan fingerprint density at radius 2 is 1.77 bits per heavy atom. The fraction of sp³-hybridized carbons (Fsp3) is 0.0435. The highest BCUT2D eigenvalue weighted by atomic mass is 79.9. The van der Waals surface area contributed by atoms with Gasteiger partial charge in [-0.15, -0.1) is 0 Å². The summed E-state index contributed by atoms with van der Waals surface area (Å²) in [7, 11) is 0. The van der Waals surface area contributed by atoms with Gasteiger partial charge < -0.3 is 4.42 Å². The molecule has 7 heteroatoms. The third-order valence-corrected chi connectivity index (χ3v) is 6.73. The molecule has 1 aliphatic rings. The maximum atomic E-state index is 13.3. The first kappa shape index (κ1) is 19.5. The van der Waals surface area contributed by atoms with E-state index in [4.69, 9.17) is 9.41 Å². The SMILES string of the molecule is O=c1c(=Cc2ccc(Br)o2)sc2n1C(c1ccc(Br)cc1)C=C(c1ccccc1)N=2. The molecule has 0 aliphatic carbocycles. The molecule has 0 saturated heterocycles. The molecule has 0 spiro atoms. The van der Waals surface area contributed by atoms with Gasteiger partial charge in [0.05, 0.1) is 16.3 Å². The van der Waals surface area contributed by atoms with Gasteiger partial charge in [-0.2, -0.15) is 0 Å². The van der Waals surface area contributed by atoms with Gasteiger partial charge in [-0.05, 0) is 57.4 Å². The molecule has 5 rings (SSSR count). The number of halogens is 2. The molecule has 0 saturated carbocycles. The van der Waals surface area contributed by atoms with Crippen LogP contribution in [0.15, 0.2) is 96.2 Å². The van der Waals surface area contributed by atoms with Crippen LogP contribution in [-0.4, -0.2) is 4.57 Å². The monoisotopic (exact) mass is 540 g/mol. The Hall–Kier alpha value is -2.48. The average molecular weight is 542 g/mol. The van der Waals surface area contributed by atoms with Gasteiger partial charge in [-0.1, -0.05) is 69.7 Å². The number of hydrogen-bond acceptors (Lipinski definition) is 4. The second-order valence-corrected chi connectivity index (χ2v) is 9.44. The van der Waals surface area contributed by atoms with Gasteiger partial charge in [-0.25, -0.2) is 4.99 Å². The molecule has 4 nitrogen and oxygen atoms in total. The number of aromatic nitrogens is 1. The minimum absolute atomic E-state index is 0.0810. The predicted octanol–water partition coefficient (Wildman–Crippen LogP) is 5.12. The number of thiazole rings is 1. The second kappa shape index (κ2) is 7.98. The summed E-state index contributed by atoms with van der Waals surface area (Å²) in [5.41, 5.74) is 2.82. The van der Waals surface area contributed by atoms with Gasteiger partial charge in [-0.3, -0.25) is 9.36 Å². The van der Waals surface area contributed by atoms with Crippen molar-refractivity contribution in [2.75, 3.05) is 0 Å². The van der Waals surface area contributed by atoms with Crippen LogP contribution in [0.25, 0.3) is 11.8 Å². The van der Waals surface area contributed by atoms with Gasteiger partial charge in [0, 0.05) is 10.5 Å². The van der Waals surface area contributed by atoms with Crippen molar-refractivity contribution in [1.29, 1.82) is 0 Å². The molecular weight excluding hydrogens is 528 g/mol. The average Bonchev–Trinajstić information content (AvgIpc) is 3.31. The number of hydrogen-bond donors (Lipinski definition) is 0. The van der Waals surface area contributed by atoms with Crippen LogP contribution < -0.4 is 14.9 Å². The van der Waals surface area contributed by atoms with Crippen molar-refractivity contribution in [2.24, 2.45) is 4.99 Å². The zero-order valence-electron chi connectivity index (χ0n) is 15.5. The van der Waals surface area contributed by atoms with Crippen LogP contribution in [0.5, 0.6) is 0 Å². The minimum atomic E-state index is -0.241. The van der Waals surface area contributed by atoms with Crippen molar-refractivity contribution in [3.05, 3.63) is 119 Å². The van der Waals surface area contributed by atoms with E-state index < -0.39 is 0 Å². The highest BCUT2D eigenvalue weighted by Gasteiger charge is 2.22. The van der Waals surface area contributed by atoms with Crippen LogP contribution in [0, 0.1) is 0 Å². The van der Waals surface area contributed by atoms with Crippen LogP contribution >= 0.6 is 43.2 Å². The van der Waals surface area contributed by atoms with Gasteiger partial charge >= 0.3 is 0 Å². The van der Waals surface area contributed by atoms with E-state index >= 15 is 0 Å². The van der Waals surface area contributed by atoms with Crippen LogP contribution in [0.3, 0.4) is 0 Å². The fourth-order valence-corrected chi connectivity index (χ4v) is 4.96. The highest BCUT2D eigenvalue weighted by molar-refractivity contribution is 9.10. The van der Waals surface area contributed by atoms with Crippen LogP contribution in [0.4, 0.5) is 0 Å². The van der Waals surface area contributed by atoms with Crippen LogP contribution in [0.1, 0.15) is 22.9 Å². The van der Waals surface area contributed by atoms with Crippen molar-refractivity contribution in [3.63, 3.8) is 0 Å². The van der Waals surface area contributed by atoms with Crippen molar-refractivity contribution in [3.8, 4) is 0 Å². The number of benzene rings is 2. The summed E-state index contributed by atoms with van der Waals surface area (Å²) in [6.07, 6.45) is 3.81. The zero-order chi connectivity index (χ0) is 20.7. The molecule has 1 aliphatic heterocycles. The van der Waals surface area contributed by atoms with E-state index in [1.807, 2.05) is 66.7 Å². The maximum absolute atomic E-state index is 13.3. The largest absolute Gasteiger partial charge is 0.450 e. The molecule has 148 valence electrons. The van der Waals surface area contributed by atoms with E-state index in [-0.39, 0.29) is 11.6 Å². The Balaban J connectivity index is 1.73. The lowest BCUT2D eigenvalue weighted by Gasteiger charge is -2.19. The number of fused-ring (bicyclic) bond motifs is 1. The van der Waals surface area contributed by atoms with Crippen molar-refractivity contribution >= 4 is 55.0 Å². The molecule has 2 aromatic carbocycles. The molecule has 4 aromatic rings. The van der Waals surface area contributed by atoms with E-state index in [9.17, 15) is 4.79 Å². The Morgan fingerprint density at radius 1 is 1.00 bits per heavy atom. The topological polar surface area (TPSA) is 47.5 Å². The summed E-state index contributed by atoms with van der Waals surface area (Å²) in [5, 5.41) is 0. The number of allylic oxidation sites excluding steroid dienone is 1. The summed E-state index contributed by atoms with van der Waals surface area (Å²) in [4.78, 5) is 18.8.